The SMILES string of the molecule is O=C(NC[C@H]1CCCO1)c1ccc(NC(=O)c2nnc(COc3ccccc3)s2)cc1. The van der Waals surface area contributed by atoms with Crippen molar-refractivity contribution in [1.29, 1.82) is 0 Å². The minimum absolute atomic E-state index is 0.0948. The number of nitrogens with one attached hydrogen (secondary N) is 2. The molecule has 0 aliphatic carbocycles. The second-order valence-corrected chi connectivity index (χ2v) is 8.04. The molecule has 1 aliphatic rings. The Balaban J connectivity index is 1.27. The molecule has 3 aromatic rings. The summed E-state index contributed by atoms with van der Waals surface area (Å²) in [6.45, 7) is 1.50. The molecule has 2 amide bonds. The summed E-state index contributed by atoms with van der Waals surface area (Å²) in [5.74, 6) is 0.197. The molecule has 1 aliphatic heterocycles. The second-order valence-electron chi connectivity index (χ2n) is 6.98. The Morgan fingerprint density at radius 3 is 2.61 bits per heavy atom. The van der Waals surface area contributed by atoms with Gasteiger partial charge in [0, 0.05) is 24.4 Å². The van der Waals surface area contributed by atoms with Crippen molar-refractivity contribution in [1.82, 2.24) is 15.5 Å². The van der Waals surface area contributed by atoms with Crippen molar-refractivity contribution < 1.29 is 19.1 Å². The number of rotatable bonds is 8. The number of nitrogens with zero attached hydrogens (tertiary/aromatic N) is 2. The van der Waals surface area contributed by atoms with Crippen molar-refractivity contribution in [2.24, 2.45) is 0 Å². The lowest BCUT2D eigenvalue weighted by atomic mass is 10.2. The van der Waals surface area contributed by atoms with E-state index in [1.807, 2.05) is 30.3 Å². The first kappa shape index (κ1) is 21.0. The van der Waals surface area contributed by atoms with E-state index in [0.717, 1.165) is 25.2 Å². The van der Waals surface area contributed by atoms with Crippen LogP contribution in [0.4, 0.5) is 5.69 Å². The van der Waals surface area contributed by atoms with Crippen LogP contribution in [0.3, 0.4) is 0 Å². The van der Waals surface area contributed by atoms with Crippen molar-refractivity contribution in [3.05, 3.63) is 70.2 Å². The number of benzene rings is 2. The third-order valence-electron chi connectivity index (χ3n) is 4.69. The number of aromatic nitrogens is 2. The van der Waals surface area contributed by atoms with E-state index in [1.165, 1.54) is 11.3 Å². The Kier molecular flexibility index (Phi) is 6.85. The van der Waals surface area contributed by atoms with E-state index in [-0.39, 0.29) is 29.5 Å². The van der Waals surface area contributed by atoms with Crippen molar-refractivity contribution in [3.63, 3.8) is 0 Å². The lowest BCUT2D eigenvalue weighted by Crippen LogP contribution is -2.31. The van der Waals surface area contributed by atoms with Gasteiger partial charge in [0.05, 0.1) is 6.10 Å². The molecule has 1 atom stereocenters. The molecule has 31 heavy (non-hydrogen) atoms. The highest BCUT2D eigenvalue weighted by molar-refractivity contribution is 7.13. The summed E-state index contributed by atoms with van der Waals surface area (Å²) in [5.41, 5.74) is 1.09. The maximum Gasteiger partial charge on any atom is 0.286 e. The van der Waals surface area contributed by atoms with Gasteiger partial charge in [-0.05, 0) is 49.2 Å². The van der Waals surface area contributed by atoms with Gasteiger partial charge in [-0.2, -0.15) is 0 Å². The van der Waals surface area contributed by atoms with Gasteiger partial charge in [-0.25, -0.2) is 0 Å². The average molecular weight is 439 g/mol. The molecule has 0 spiro atoms. The Hall–Kier alpha value is -3.30. The van der Waals surface area contributed by atoms with Crippen molar-refractivity contribution >= 4 is 28.8 Å². The van der Waals surface area contributed by atoms with Crippen LogP contribution in [0.1, 0.15) is 38.0 Å². The van der Waals surface area contributed by atoms with Crippen LogP contribution in [0.15, 0.2) is 54.6 Å². The van der Waals surface area contributed by atoms with Crippen LogP contribution in [-0.4, -0.2) is 41.3 Å². The fraction of sp³-hybridized carbons (Fsp3) is 0.273. The van der Waals surface area contributed by atoms with E-state index in [2.05, 4.69) is 20.8 Å². The van der Waals surface area contributed by atoms with Crippen LogP contribution in [0, 0.1) is 0 Å². The number of hydrogen-bond acceptors (Lipinski definition) is 7. The van der Waals surface area contributed by atoms with Gasteiger partial charge in [-0.1, -0.05) is 29.5 Å². The number of ether oxygens (including phenoxy) is 2. The standard InChI is InChI=1S/C22H22N4O4S/c27-20(23-13-18-7-4-12-29-18)15-8-10-16(11-9-15)24-21(28)22-26-25-19(31-22)14-30-17-5-2-1-3-6-17/h1-3,5-6,8-11,18H,4,7,12-14H2,(H,23,27)(H,24,28)/t18-/m1/s1. The molecule has 1 aromatic heterocycles. The van der Waals surface area contributed by atoms with Crippen molar-refractivity contribution in [2.45, 2.75) is 25.6 Å². The fourth-order valence-corrected chi connectivity index (χ4v) is 3.72. The first-order chi connectivity index (χ1) is 15.2. The Morgan fingerprint density at radius 2 is 1.87 bits per heavy atom. The van der Waals surface area contributed by atoms with E-state index >= 15 is 0 Å². The largest absolute Gasteiger partial charge is 0.486 e. The third kappa shape index (κ3) is 5.87. The van der Waals surface area contributed by atoms with Gasteiger partial charge in [-0.3, -0.25) is 9.59 Å². The monoisotopic (exact) mass is 438 g/mol. The molecular weight excluding hydrogens is 416 g/mol. The molecule has 0 saturated carbocycles. The first-order valence-corrected chi connectivity index (χ1v) is 10.8. The molecule has 9 heteroatoms. The fourth-order valence-electron chi connectivity index (χ4n) is 3.07. The maximum absolute atomic E-state index is 12.4. The average Bonchev–Trinajstić information content (AvgIpc) is 3.49. The van der Waals surface area contributed by atoms with Crippen molar-refractivity contribution in [3.8, 4) is 5.75 Å². The molecule has 0 bridgehead atoms. The highest BCUT2D eigenvalue weighted by Gasteiger charge is 2.17. The first-order valence-electron chi connectivity index (χ1n) is 9.99. The molecular formula is C22H22N4O4S. The van der Waals surface area contributed by atoms with Crippen LogP contribution < -0.4 is 15.4 Å². The van der Waals surface area contributed by atoms with Gasteiger partial charge in [0.25, 0.3) is 11.8 Å². The van der Waals surface area contributed by atoms with Gasteiger partial charge in [0.1, 0.15) is 12.4 Å². The van der Waals surface area contributed by atoms with Crippen molar-refractivity contribution in [2.75, 3.05) is 18.5 Å². The van der Waals surface area contributed by atoms with Gasteiger partial charge >= 0.3 is 0 Å². The zero-order chi connectivity index (χ0) is 21.5. The molecule has 2 N–H and O–H groups in total. The number of carbonyl (C=O) groups is 2. The van der Waals surface area contributed by atoms with Gasteiger partial charge in [-0.15, -0.1) is 10.2 Å². The smallest absolute Gasteiger partial charge is 0.286 e. The summed E-state index contributed by atoms with van der Waals surface area (Å²) in [7, 11) is 0. The summed E-state index contributed by atoms with van der Waals surface area (Å²) >= 11 is 1.17. The molecule has 0 radical (unpaired) electrons. The molecule has 8 nitrogen and oxygen atoms in total. The Morgan fingerprint density at radius 1 is 1.06 bits per heavy atom. The van der Waals surface area contributed by atoms with Crippen LogP contribution in [0.25, 0.3) is 0 Å². The summed E-state index contributed by atoms with van der Waals surface area (Å²) in [4.78, 5) is 24.7. The molecule has 0 unspecified atom stereocenters. The Bertz CT molecular complexity index is 1020. The Labute approximate surface area is 183 Å². The van der Waals surface area contributed by atoms with Crippen LogP contribution in [0.2, 0.25) is 0 Å². The number of anilines is 1. The number of carbonyl (C=O) groups excluding carboxylic acids is 2. The number of amides is 2. The maximum atomic E-state index is 12.4. The summed E-state index contributed by atoms with van der Waals surface area (Å²) < 4.78 is 11.1. The zero-order valence-corrected chi connectivity index (χ0v) is 17.6. The highest BCUT2D eigenvalue weighted by atomic mass is 32.1. The topological polar surface area (TPSA) is 102 Å². The third-order valence-corrected chi connectivity index (χ3v) is 5.58. The number of hydrogen-bond donors (Lipinski definition) is 2. The second kappa shape index (κ2) is 10.1. The zero-order valence-electron chi connectivity index (χ0n) is 16.7. The van der Waals surface area contributed by atoms with Crippen LogP contribution in [0.5, 0.6) is 5.75 Å². The predicted molar refractivity (Wildman–Crippen MR) is 116 cm³/mol. The molecule has 160 valence electrons. The number of para-hydroxylation sites is 1. The van der Waals surface area contributed by atoms with E-state index in [4.69, 9.17) is 9.47 Å². The van der Waals surface area contributed by atoms with E-state index in [0.29, 0.717) is 22.8 Å². The minimum atomic E-state index is -0.362. The predicted octanol–water partition coefficient (Wildman–Crippen LogP) is 3.28. The lowest BCUT2D eigenvalue weighted by Gasteiger charge is -2.11. The van der Waals surface area contributed by atoms with Crippen LogP contribution >= 0.6 is 11.3 Å². The van der Waals surface area contributed by atoms with E-state index in [9.17, 15) is 9.59 Å². The molecule has 2 aromatic carbocycles. The van der Waals surface area contributed by atoms with Gasteiger partial charge in [0.15, 0.2) is 5.01 Å². The molecule has 1 saturated heterocycles. The van der Waals surface area contributed by atoms with E-state index in [1.54, 1.807) is 24.3 Å². The highest BCUT2D eigenvalue weighted by Crippen LogP contribution is 2.17. The molecule has 2 heterocycles. The van der Waals surface area contributed by atoms with Gasteiger partial charge < -0.3 is 20.1 Å². The van der Waals surface area contributed by atoms with E-state index < -0.39 is 0 Å². The summed E-state index contributed by atoms with van der Waals surface area (Å²) in [6.07, 6.45) is 2.10. The lowest BCUT2D eigenvalue weighted by molar-refractivity contribution is 0.0857. The summed E-state index contributed by atoms with van der Waals surface area (Å²) in [5, 5.41) is 14.4. The van der Waals surface area contributed by atoms with Crippen LogP contribution in [-0.2, 0) is 11.3 Å². The minimum Gasteiger partial charge on any atom is -0.486 e. The molecule has 1 fully saturated rings. The normalized spacial score (nSPS) is 15.4. The summed E-state index contributed by atoms with van der Waals surface area (Å²) in [6, 6.07) is 16.1. The van der Waals surface area contributed by atoms with Gasteiger partial charge in [0.2, 0.25) is 5.01 Å². The molecule has 4 rings (SSSR count). The quantitative estimate of drug-likeness (QED) is 0.560.